The molecule has 2 aromatic carbocycles. The van der Waals surface area contributed by atoms with E-state index in [4.69, 9.17) is 14.6 Å². The maximum Gasteiger partial charge on any atom is 0.238 e. The number of thioether (sulfide) groups is 1. The lowest BCUT2D eigenvalue weighted by molar-refractivity contribution is 0.101. The van der Waals surface area contributed by atoms with Crippen LogP contribution in [-0.2, 0) is 16.6 Å². The Morgan fingerprint density at radius 3 is 2.55 bits per heavy atom. The van der Waals surface area contributed by atoms with E-state index in [0.717, 1.165) is 5.52 Å². The van der Waals surface area contributed by atoms with Crippen LogP contribution in [-0.4, -0.2) is 43.7 Å². The van der Waals surface area contributed by atoms with Gasteiger partial charge < -0.3 is 14.0 Å². The average Bonchev–Trinajstić information content (AvgIpc) is 3.07. The summed E-state index contributed by atoms with van der Waals surface area (Å²) in [6.07, 6.45) is 0. The van der Waals surface area contributed by atoms with E-state index in [1.807, 2.05) is 11.5 Å². The summed E-state index contributed by atoms with van der Waals surface area (Å²) in [5.41, 5.74) is 1.70. The lowest BCUT2D eigenvalue weighted by Gasteiger charge is -2.10. The Hall–Kier alpha value is -2.56. The van der Waals surface area contributed by atoms with Gasteiger partial charge >= 0.3 is 0 Å². The number of aryl methyl sites for hydroxylation is 1. The number of ketones is 1. The van der Waals surface area contributed by atoms with E-state index in [-0.39, 0.29) is 16.4 Å². The van der Waals surface area contributed by atoms with Gasteiger partial charge in [-0.3, -0.25) is 4.79 Å². The third-order valence-electron chi connectivity index (χ3n) is 4.37. The number of hydrogen-bond acceptors (Lipinski definition) is 7. The number of ether oxygens (including phenoxy) is 2. The molecular formula is C19H21N3O5S2. The largest absolute Gasteiger partial charge is 0.497 e. The summed E-state index contributed by atoms with van der Waals surface area (Å²) in [5.74, 6) is 1.04. The molecule has 10 heteroatoms. The summed E-state index contributed by atoms with van der Waals surface area (Å²) in [6, 6.07) is 9.61. The summed E-state index contributed by atoms with van der Waals surface area (Å²) in [4.78, 5) is 17.3. The second-order valence-electron chi connectivity index (χ2n) is 6.11. The Bertz CT molecular complexity index is 1170. The molecule has 0 aliphatic rings. The van der Waals surface area contributed by atoms with Gasteiger partial charge in [0.15, 0.2) is 10.9 Å². The Morgan fingerprint density at radius 2 is 1.93 bits per heavy atom. The molecule has 0 spiro atoms. The molecule has 1 heterocycles. The summed E-state index contributed by atoms with van der Waals surface area (Å²) < 4.78 is 35.6. The zero-order valence-corrected chi connectivity index (χ0v) is 17.8. The quantitative estimate of drug-likeness (QED) is 0.427. The minimum Gasteiger partial charge on any atom is -0.497 e. The van der Waals surface area contributed by atoms with Crippen LogP contribution in [0.2, 0.25) is 0 Å². The van der Waals surface area contributed by atoms with Crippen molar-refractivity contribution in [3.8, 4) is 11.5 Å². The van der Waals surface area contributed by atoms with E-state index >= 15 is 0 Å². The number of nitrogens with two attached hydrogens (primary N) is 1. The van der Waals surface area contributed by atoms with Gasteiger partial charge in [0.2, 0.25) is 10.0 Å². The van der Waals surface area contributed by atoms with Crippen molar-refractivity contribution in [2.75, 3.05) is 20.0 Å². The van der Waals surface area contributed by atoms with Crippen LogP contribution in [0.25, 0.3) is 11.0 Å². The zero-order valence-electron chi connectivity index (χ0n) is 16.2. The van der Waals surface area contributed by atoms with Crippen molar-refractivity contribution in [3.63, 3.8) is 0 Å². The number of carbonyl (C=O) groups is 1. The molecule has 0 radical (unpaired) electrons. The highest BCUT2D eigenvalue weighted by Gasteiger charge is 2.18. The molecule has 29 heavy (non-hydrogen) atoms. The van der Waals surface area contributed by atoms with Gasteiger partial charge in [0.05, 0.1) is 41.5 Å². The summed E-state index contributed by atoms with van der Waals surface area (Å²) in [5, 5.41) is 5.82. The average molecular weight is 436 g/mol. The molecule has 0 aliphatic heterocycles. The molecule has 0 aliphatic carbocycles. The second kappa shape index (κ2) is 8.44. The number of aromatic nitrogens is 2. The van der Waals surface area contributed by atoms with Crippen LogP contribution >= 0.6 is 11.8 Å². The lowest BCUT2D eigenvalue weighted by atomic mass is 10.1. The first-order valence-corrected chi connectivity index (χ1v) is 11.2. The highest BCUT2D eigenvalue weighted by molar-refractivity contribution is 7.99. The molecule has 0 saturated carbocycles. The molecule has 3 aromatic rings. The summed E-state index contributed by atoms with van der Waals surface area (Å²) in [7, 11) is -0.779. The van der Waals surface area contributed by atoms with Crippen LogP contribution < -0.4 is 14.6 Å². The molecular weight excluding hydrogens is 414 g/mol. The summed E-state index contributed by atoms with van der Waals surface area (Å²) >= 11 is 1.27. The van der Waals surface area contributed by atoms with Gasteiger partial charge in [0.25, 0.3) is 0 Å². The van der Waals surface area contributed by atoms with Gasteiger partial charge in [0, 0.05) is 6.54 Å². The number of benzene rings is 2. The van der Waals surface area contributed by atoms with Gasteiger partial charge in [0.1, 0.15) is 11.5 Å². The number of hydrogen-bond donors (Lipinski definition) is 1. The van der Waals surface area contributed by atoms with E-state index in [0.29, 0.717) is 34.3 Å². The number of methoxy groups -OCH3 is 2. The Morgan fingerprint density at radius 1 is 1.17 bits per heavy atom. The fraction of sp³-hybridized carbons (Fsp3) is 0.263. The van der Waals surface area contributed by atoms with E-state index in [9.17, 15) is 13.2 Å². The zero-order chi connectivity index (χ0) is 21.2. The van der Waals surface area contributed by atoms with Crippen molar-refractivity contribution < 1.29 is 22.7 Å². The number of primary sulfonamides is 1. The van der Waals surface area contributed by atoms with Gasteiger partial charge in [-0.05, 0) is 43.3 Å². The number of imidazole rings is 1. The van der Waals surface area contributed by atoms with Crippen LogP contribution in [0.3, 0.4) is 0 Å². The van der Waals surface area contributed by atoms with Gasteiger partial charge in [-0.15, -0.1) is 0 Å². The minimum atomic E-state index is -3.82. The number of rotatable bonds is 8. The third kappa shape index (κ3) is 4.39. The molecule has 0 unspecified atom stereocenters. The summed E-state index contributed by atoms with van der Waals surface area (Å²) in [6.45, 7) is 2.57. The smallest absolute Gasteiger partial charge is 0.238 e. The van der Waals surface area contributed by atoms with Gasteiger partial charge in [-0.1, -0.05) is 11.8 Å². The lowest BCUT2D eigenvalue weighted by Crippen LogP contribution is -2.11. The molecule has 0 amide bonds. The van der Waals surface area contributed by atoms with E-state index in [2.05, 4.69) is 4.98 Å². The van der Waals surface area contributed by atoms with Gasteiger partial charge in [-0.25, -0.2) is 18.5 Å². The molecule has 8 nitrogen and oxygen atoms in total. The number of carbonyl (C=O) groups excluding carboxylic acids is 1. The minimum absolute atomic E-state index is 0.000466. The number of Topliss-reactive ketones (excluding diaryl/α,β-unsaturated/α-hetero) is 1. The number of sulfonamides is 1. The predicted octanol–water partition coefficient (Wildman–Crippen LogP) is 2.70. The molecule has 0 atom stereocenters. The van der Waals surface area contributed by atoms with Crippen LogP contribution in [0.1, 0.15) is 17.3 Å². The molecule has 3 rings (SSSR count). The van der Waals surface area contributed by atoms with E-state index in [1.165, 1.54) is 38.1 Å². The van der Waals surface area contributed by atoms with Crippen molar-refractivity contribution in [1.29, 1.82) is 0 Å². The van der Waals surface area contributed by atoms with E-state index in [1.54, 1.807) is 24.3 Å². The molecule has 0 fully saturated rings. The van der Waals surface area contributed by atoms with E-state index < -0.39 is 10.0 Å². The monoisotopic (exact) mass is 435 g/mol. The fourth-order valence-corrected chi connectivity index (χ4v) is 4.42. The SMILES string of the molecule is CCn1c(SCC(=O)c2cc(OC)ccc2OC)nc2cc(S(N)(=O)=O)ccc21. The van der Waals surface area contributed by atoms with Crippen molar-refractivity contribution in [2.45, 2.75) is 23.5 Å². The van der Waals surface area contributed by atoms with Crippen LogP contribution in [0, 0.1) is 0 Å². The van der Waals surface area contributed by atoms with Crippen LogP contribution in [0.5, 0.6) is 11.5 Å². The standard InChI is InChI=1S/C19H21N3O5S2/c1-4-22-16-7-6-13(29(20,24)25)10-15(16)21-19(22)28-11-17(23)14-9-12(26-2)5-8-18(14)27-3/h5-10H,4,11H2,1-3H3,(H2,20,24,25). The highest BCUT2D eigenvalue weighted by atomic mass is 32.2. The van der Waals surface area contributed by atoms with Crippen LogP contribution in [0.4, 0.5) is 0 Å². The highest BCUT2D eigenvalue weighted by Crippen LogP contribution is 2.29. The first kappa shape index (κ1) is 21.2. The second-order valence-corrected chi connectivity index (χ2v) is 8.62. The van der Waals surface area contributed by atoms with Gasteiger partial charge in [-0.2, -0.15) is 0 Å². The van der Waals surface area contributed by atoms with Crippen molar-refractivity contribution in [2.24, 2.45) is 5.14 Å². The van der Waals surface area contributed by atoms with Crippen molar-refractivity contribution in [1.82, 2.24) is 9.55 Å². The number of fused-ring (bicyclic) bond motifs is 1. The van der Waals surface area contributed by atoms with Crippen molar-refractivity contribution in [3.05, 3.63) is 42.0 Å². The Balaban J connectivity index is 1.89. The molecule has 154 valence electrons. The topological polar surface area (TPSA) is 114 Å². The van der Waals surface area contributed by atoms with Crippen molar-refractivity contribution >= 4 is 38.6 Å². The molecule has 1 aromatic heterocycles. The normalized spacial score (nSPS) is 11.6. The Kier molecular flexibility index (Phi) is 6.15. The first-order chi connectivity index (χ1) is 13.8. The maximum absolute atomic E-state index is 12.8. The third-order valence-corrected chi connectivity index (χ3v) is 6.26. The molecule has 0 saturated heterocycles. The molecule has 2 N–H and O–H groups in total. The predicted molar refractivity (Wildman–Crippen MR) is 111 cm³/mol. The Labute approximate surface area is 173 Å². The fourth-order valence-electron chi connectivity index (χ4n) is 2.92. The molecule has 0 bridgehead atoms. The van der Waals surface area contributed by atoms with Crippen LogP contribution in [0.15, 0.2) is 46.5 Å². The maximum atomic E-state index is 12.8. The first-order valence-electron chi connectivity index (χ1n) is 8.69. The number of nitrogens with zero attached hydrogens (tertiary/aromatic N) is 2.